The van der Waals surface area contributed by atoms with Crippen LogP contribution in [0, 0.1) is 0 Å². The van der Waals surface area contributed by atoms with Crippen LogP contribution in [0.4, 0.5) is 0 Å². The summed E-state index contributed by atoms with van der Waals surface area (Å²) in [4.78, 5) is 2.20. The highest BCUT2D eigenvalue weighted by molar-refractivity contribution is 5.61. The molecule has 0 saturated heterocycles. The Morgan fingerprint density at radius 2 is 1.79 bits per heavy atom. The molecule has 1 rings (SSSR count). The Labute approximate surface area is 87.1 Å². The minimum Gasteiger partial charge on any atom is -0.309 e. The first kappa shape index (κ1) is 11.0. The van der Waals surface area contributed by atoms with Crippen molar-refractivity contribution in [2.24, 2.45) is 0 Å². The molecule has 0 heterocycles. The first-order valence-corrected chi connectivity index (χ1v) is 4.99. The largest absolute Gasteiger partial charge is 0.309 e. The van der Waals surface area contributed by atoms with Gasteiger partial charge in [-0.1, -0.05) is 36.4 Å². The van der Waals surface area contributed by atoms with Gasteiger partial charge < -0.3 is 4.90 Å². The number of benzene rings is 1. The molecule has 0 amide bonds. The van der Waals surface area contributed by atoms with E-state index in [0.717, 1.165) is 18.5 Å². The monoisotopic (exact) mass is 189 g/mol. The number of rotatable bonds is 4. The van der Waals surface area contributed by atoms with Crippen molar-refractivity contribution < 1.29 is 0 Å². The van der Waals surface area contributed by atoms with Crippen LogP contribution in [0.1, 0.15) is 18.1 Å². The van der Waals surface area contributed by atoms with Crippen LogP contribution in [0.25, 0.3) is 5.57 Å². The maximum Gasteiger partial charge on any atom is 0.00157 e. The van der Waals surface area contributed by atoms with E-state index >= 15 is 0 Å². The fourth-order valence-electron chi connectivity index (χ4n) is 1.31. The van der Waals surface area contributed by atoms with Crippen molar-refractivity contribution >= 4 is 5.57 Å². The molecule has 0 saturated carbocycles. The average molecular weight is 189 g/mol. The molecule has 0 bridgehead atoms. The van der Waals surface area contributed by atoms with E-state index in [2.05, 4.69) is 49.8 Å². The number of nitrogens with zero attached hydrogens (tertiary/aromatic N) is 1. The zero-order valence-electron chi connectivity index (χ0n) is 9.38. The van der Waals surface area contributed by atoms with Crippen molar-refractivity contribution in [1.29, 1.82) is 0 Å². The molecule has 0 unspecified atom stereocenters. The van der Waals surface area contributed by atoms with Crippen LogP contribution >= 0.6 is 0 Å². The molecule has 0 N–H and O–H groups in total. The van der Waals surface area contributed by atoms with E-state index in [4.69, 9.17) is 0 Å². The fourth-order valence-corrected chi connectivity index (χ4v) is 1.31. The third-order valence-electron chi connectivity index (χ3n) is 2.29. The van der Waals surface area contributed by atoms with Crippen molar-refractivity contribution in [1.82, 2.24) is 4.90 Å². The van der Waals surface area contributed by atoms with Crippen molar-refractivity contribution in [3.05, 3.63) is 42.0 Å². The highest BCUT2D eigenvalue weighted by Crippen LogP contribution is 2.12. The smallest absolute Gasteiger partial charge is 0.00157 e. The molecule has 0 atom stereocenters. The number of allylic oxidation sites excluding steroid dienone is 1. The van der Waals surface area contributed by atoms with Crippen LogP contribution in [-0.4, -0.2) is 25.5 Å². The van der Waals surface area contributed by atoms with Gasteiger partial charge in [-0.05, 0) is 38.6 Å². The average Bonchev–Trinajstić information content (AvgIpc) is 2.15. The second-order valence-electron chi connectivity index (χ2n) is 4.03. The molecule has 0 aromatic heterocycles. The van der Waals surface area contributed by atoms with Crippen molar-refractivity contribution in [2.75, 3.05) is 20.6 Å². The minimum atomic E-state index is 1.10. The first-order valence-electron chi connectivity index (χ1n) is 4.99. The summed E-state index contributed by atoms with van der Waals surface area (Å²) >= 11 is 0. The number of hydrogen-bond acceptors (Lipinski definition) is 1. The lowest BCUT2D eigenvalue weighted by Gasteiger charge is -2.09. The van der Waals surface area contributed by atoms with Crippen LogP contribution in [0.2, 0.25) is 0 Å². The van der Waals surface area contributed by atoms with Gasteiger partial charge in [0.25, 0.3) is 0 Å². The van der Waals surface area contributed by atoms with Crippen molar-refractivity contribution in [3.63, 3.8) is 0 Å². The lowest BCUT2D eigenvalue weighted by Crippen LogP contribution is -2.14. The molecule has 1 aromatic rings. The van der Waals surface area contributed by atoms with E-state index in [-0.39, 0.29) is 0 Å². The molecule has 0 aliphatic rings. The summed E-state index contributed by atoms with van der Waals surface area (Å²) in [6.07, 6.45) is 1.11. The molecule has 1 nitrogen and oxygen atoms in total. The zero-order valence-corrected chi connectivity index (χ0v) is 9.38. The molecule has 0 aliphatic carbocycles. The molecule has 0 spiro atoms. The first-order chi connectivity index (χ1) is 6.59. The number of hydrogen-bond donors (Lipinski definition) is 0. The van der Waals surface area contributed by atoms with Gasteiger partial charge >= 0.3 is 0 Å². The summed E-state index contributed by atoms with van der Waals surface area (Å²) in [6.45, 7) is 7.06. The molecule has 1 aromatic carbocycles. The molecule has 14 heavy (non-hydrogen) atoms. The standard InChI is InChI=1S/C13H19N/c1-11(2)13-7-5-12(6-8-13)9-10-14(3)4/h5-8H,1,9-10H2,2-4H3. The molecule has 1 heteroatoms. The van der Waals surface area contributed by atoms with Crippen molar-refractivity contribution in [2.45, 2.75) is 13.3 Å². The normalized spacial score (nSPS) is 10.6. The SMILES string of the molecule is C=C(C)c1ccc(CCN(C)C)cc1. The Hall–Kier alpha value is -1.08. The predicted octanol–water partition coefficient (Wildman–Crippen LogP) is 2.82. The van der Waals surface area contributed by atoms with Crippen LogP contribution < -0.4 is 0 Å². The molecule has 76 valence electrons. The summed E-state index contributed by atoms with van der Waals surface area (Å²) < 4.78 is 0. The van der Waals surface area contributed by atoms with E-state index in [1.165, 1.54) is 11.1 Å². The van der Waals surface area contributed by atoms with E-state index in [1.54, 1.807) is 0 Å². The maximum atomic E-state index is 3.92. The Kier molecular flexibility index (Phi) is 3.90. The summed E-state index contributed by atoms with van der Waals surface area (Å²) in [5, 5.41) is 0. The summed E-state index contributed by atoms with van der Waals surface area (Å²) in [7, 11) is 4.20. The zero-order chi connectivity index (χ0) is 10.6. The topological polar surface area (TPSA) is 3.24 Å². The third-order valence-corrected chi connectivity index (χ3v) is 2.29. The van der Waals surface area contributed by atoms with Gasteiger partial charge in [-0.15, -0.1) is 0 Å². The van der Waals surface area contributed by atoms with Gasteiger partial charge in [-0.2, -0.15) is 0 Å². The highest BCUT2D eigenvalue weighted by Gasteiger charge is 1.96. The maximum absolute atomic E-state index is 3.92. The quantitative estimate of drug-likeness (QED) is 0.704. The number of likely N-dealkylation sites (N-methyl/N-ethyl adjacent to an activating group) is 1. The van der Waals surface area contributed by atoms with Gasteiger partial charge in [-0.25, -0.2) is 0 Å². The Bertz CT molecular complexity index is 296. The third kappa shape index (κ3) is 3.35. The fraction of sp³-hybridized carbons (Fsp3) is 0.385. The summed E-state index contributed by atoms with van der Waals surface area (Å²) in [5.41, 5.74) is 3.76. The van der Waals surface area contributed by atoms with Gasteiger partial charge in [-0.3, -0.25) is 0 Å². The minimum absolute atomic E-state index is 1.10. The predicted molar refractivity (Wildman–Crippen MR) is 63.4 cm³/mol. The molecule has 0 radical (unpaired) electrons. The molecular formula is C13H19N. The van der Waals surface area contributed by atoms with E-state index in [0.29, 0.717) is 0 Å². The second kappa shape index (κ2) is 4.97. The molecule has 0 fully saturated rings. The highest BCUT2D eigenvalue weighted by atomic mass is 15.0. The van der Waals surface area contributed by atoms with Gasteiger partial charge in [0.05, 0.1) is 0 Å². The van der Waals surface area contributed by atoms with E-state index in [1.807, 2.05) is 6.92 Å². The molecular weight excluding hydrogens is 170 g/mol. The van der Waals surface area contributed by atoms with Gasteiger partial charge in [0, 0.05) is 6.54 Å². The van der Waals surface area contributed by atoms with Crippen LogP contribution in [0.5, 0.6) is 0 Å². The molecule has 0 aliphatic heterocycles. The van der Waals surface area contributed by atoms with Crippen LogP contribution in [-0.2, 0) is 6.42 Å². The van der Waals surface area contributed by atoms with Gasteiger partial charge in [0.15, 0.2) is 0 Å². The lowest BCUT2D eigenvalue weighted by atomic mass is 10.1. The van der Waals surface area contributed by atoms with Crippen LogP contribution in [0.15, 0.2) is 30.8 Å². The Morgan fingerprint density at radius 3 is 2.21 bits per heavy atom. The van der Waals surface area contributed by atoms with E-state index < -0.39 is 0 Å². The Morgan fingerprint density at radius 1 is 1.21 bits per heavy atom. The van der Waals surface area contributed by atoms with Crippen LogP contribution in [0.3, 0.4) is 0 Å². The van der Waals surface area contributed by atoms with Crippen molar-refractivity contribution in [3.8, 4) is 0 Å². The summed E-state index contributed by atoms with van der Waals surface area (Å²) in [6, 6.07) is 8.67. The summed E-state index contributed by atoms with van der Waals surface area (Å²) in [5.74, 6) is 0. The van der Waals surface area contributed by atoms with E-state index in [9.17, 15) is 0 Å². The Balaban J connectivity index is 2.60. The second-order valence-corrected chi connectivity index (χ2v) is 4.03. The van der Waals surface area contributed by atoms with Gasteiger partial charge in [0.2, 0.25) is 0 Å². The lowest BCUT2D eigenvalue weighted by molar-refractivity contribution is 0.413. The van der Waals surface area contributed by atoms with Gasteiger partial charge in [0.1, 0.15) is 0 Å².